The van der Waals surface area contributed by atoms with Crippen LogP contribution in [0.25, 0.3) is 0 Å². The molecule has 1 amide bonds. The van der Waals surface area contributed by atoms with Crippen LogP contribution >= 0.6 is 12.4 Å². The summed E-state index contributed by atoms with van der Waals surface area (Å²) in [4.78, 5) is 15.0. The molecule has 1 fully saturated rings. The van der Waals surface area contributed by atoms with Gasteiger partial charge in [0.25, 0.3) is 0 Å². The fourth-order valence-corrected chi connectivity index (χ4v) is 3.24. The van der Waals surface area contributed by atoms with E-state index in [-0.39, 0.29) is 29.5 Å². The van der Waals surface area contributed by atoms with E-state index in [1.54, 1.807) is 23.7 Å². The molecule has 0 radical (unpaired) electrons. The molecule has 142 valence electrons. The van der Waals surface area contributed by atoms with Crippen LogP contribution in [0.2, 0.25) is 0 Å². The molecule has 1 aliphatic heterocycles. The average molecular weight is 383 g/mol. The molecule has 1 aromatic carbocycles. The van der Waals surface area contributed by atoms with Gasteiger partial charge in [0.15, 0.2) is 0 Å². The molecule has 2 heterocycles. The third-order valence-corrected chi connectivity index (χ3v) is 4.94. The maximum atomic E-state index is 13.2. The van der Waals surface area contributed by atoms with Crippen LogP contribution in [0.1, 0.15) is 30.8 Å². The number of carbonyl (C=O) groups excluding carboxylic acids is 1. The summed E-state index contributed by atoms with van der Waals surface area (Å²) in [6.45, 7) is 5.71. The number of aryl methyl sites for hydroxylation is 1. The predicted octanol–water partition coefficient (Wildman–Crippen LogP) is 1.52. The van der Waals surface area contributed by atoms with Gasteiger partial charge in [0.2, 0.25) is 5.91 Å². The zero-order chi connectivity index (χ0) is 18.0. The molecule has 2 atom stereocenters. The Kier molecular flexibility index (Phi) is 6.30. The topological polar surface area (TPSA) is 89.9 Å². The van der Waals surface area contributed by atoms with Gasteiger partial charge in [-0.05, 0) is 53.4 Å². The number of benzene rings is 1. The highest BCUT2D eigenvalue weighted by Gasteiger charge is 2.38. The number of likely N-dealkylation sites (tertiary alicyclic amines) is 1. The molecule has 2 aromatic rings. The van der Waals surface area contributed by atoms with Crippen LogP contribution in [0.15, 0.2) is 24.3 Å². The molecular formula is C17H24ClFN6O. The van der Waals surface area contributed by atoms with Gasteiger partial charge in [0.1, 0.15) is 17.7 Å². The van der Waals surface area contributed by atoms with Crippen LogP contribution < -0.4 is 5.73 Å². The van der Waals surface area contributed by atoms with Crippen molar-refractivity contribution in [2.45, 2.75) is 32.7 Å². The van der Waals surface area contributed by atoms with Crippen LogP contribution in [0, 0.1) is 18.2 Å². The predicted molar refractivity (Wildman–Crippen MR) is 97.3 cm³/mol. The molecular weight excluding hydrogens is 359 g/mol. The standard InChI is InChI=1S/C17H23FN6O.ClH/c1-12-20-21-22-24(12)15(9-13-3-5-14(18)6-4-13)16(25)23-8-7-17(2,10-19)11-23;/h3-6,15H,7-11,19H2,1-2H3;1H. The summed E-state index contributed by atoms with van der Waals surface area (Å²) in [5.74, 6) is 0.238. The van der Waals surface area contributed by atoms with Gasteiger partial charge >= 0.3 is 0 Å². The van der Waals surface area contributed by atoms with Gasteiger partial charge in [0.05, 0.1) is 0 Å². The van der Waals surface area contributed by atoms with Crippen molar-refractivity contribution in [1.82, 2.24) is 25.1 Å². The lowest BCUT2D eigenvalue weighted by Crippen LogP contribution is -2.40. The molecule has 1 aromatic heterocycles. The zero-order valence-corrected chi connectivity index (χ0v) is 15.7. The molecule has 1 aliphatic rings. The van der Waals surface area contributed by atoms with Gasteiger partial charge < -0.3 is 10.6 Å². The summed E-state index contributed by atoms with van der Waals surface area (Å²) in [7, 11) is 0. The lowest BCUT2D eigenvalue weighted by molar-refractivity contribution is -0.134. The second kappa shape index (κ2) is 8.09. The van der Waals surface area contributed by atoms with Crippen LogP contribution in [0.4, 0.5) is 4.39 Å². The van der Waals surface area contributed by atoms with E-state index < -0.39 is 6.04 Å². The van der Waals surface area contributed by atoms with Gasteiger partial charge in [0, 0.05) is 19.5 Å². The average Bonchev–Trinajstić information content (AvgIpc) is 3.20. The Balaban J connectivity index is 0.00000243. The van der Waals surface area contributed by atoms with E-state index >= 15 is 0 Å². The van der Waals surface area contributed by atoms with E-state index in [0.29, 0.717) is 31.9 Å². The first kappa shape index (κ1) is 20.3. The second-order valence-electron chi connectivity index (χ2n) is 7.04. The lowest BCUT2D eigenvalue weighted by atomic mass is 9.90. The fraction of sp³-hybridized carbons (Fsp3) is 0.529. The van der Waals surface area contributed by atoms with E-state index in [1.807, 2.05) is 4.90 Å². The van der Waals surface area contributed by atoms with Gasteiger partial charge in [-0.15, -0.1) is 17.5 Å². The van der Waals surface area contributed by atoms with E-state index in [4.69, 9.17) is 5.73 Å². The number of rotatable bonds is 5. The molecule has 0 saturated carbocycles. The number of nitrogens with zero attached hydrogens (tertiary/aromatic N) is 5. The maximum Gasteiger partial charge on any atom is 0.247 e. The minimum Gasteiger partial charge on any atom is -0.340 e. The van der Waals surface area contributed by atoms with Crippen molar-refractivity contribution in [2.75, 3.05) is 19.6 Å². The lowest BCUT2D eigenvalue weighted by Gasteiger charge is -2.26. The number of hydrogen-bond acceptors (Lipinski definition) is 5. The molecule has 2 unspecified atom stereocenters. The van der Waals surface area contributed by atoms with Crippen molar-refractivity contribution in [2.24, 2.45) is 11.1 Å². The summed E-state index contributed by atoms with van der Waals surface area (Å²) in [5.41, 5.74) is 6.66. The van der Waals surface area contributed by atoms with Gasteiger partial charge in [-0.1, -0.05) is 19.1 Å². The van der Waals surface area contributed by atoms with Crippen molar-refractivity contribution in [3.63, 3.8) is 0 Å². The first-order valence-electron chi connectivity index (χ1n) is 8.40. The van der Waals surface area contributed by atoms with E-state index in [0.717, 1.165) is 12.0 Å². The van der Waals surface area contributed by atoms with Gasteiger partial charge in [-0.2, -0.15) is 0 Å². The molecule has 9 heteroatoms. The molecule has 0 aliphatic carbocycles. The summed E-state index contributed by atoms with van der Waals surface area (Å²) in [5, 5.41) is 11.6. The first-order valence-corrected chi connectivity index (χ1v) is 8.40. The maximum absolute atomic E-state index is 13.2. The fourth-order valence-electron chi connectivity index (χ4n) is 3.24. The summed E-state index contributed by atoms with van der Waals surface area (Å²) < 4.78 is 14.7. The number of tetrazole rings is 1. The van der Waals surface area contributed by atoms with Crippen molar-refractivity contribution in [3.05, 3.63) is 41.5 Å². The second-order valence-corrected chi connectivity index (χ2v) is 7.04. The Morgan fingerprint density at radius 1 is 1.38 bits per heavy atom. The van der Waals surface area contributed by atoms with Gasteiger partial charge in [-0.3, -0.25) is 4.79 Å². The van der Waals surface area contributed by atoms with Gasteiger partial charge in [-0.25, -0.2) is 9.07 Å². The van der Waals surface area contributed by atoms with Crippen molar-refractivity contribution >= 4 is 18.3 Å². The minimum atomic E-state index is -0.555. The minimum absolute atomic E-state index is 0. The largest absolute Gasteiger partial charge is 0.340 e. The summed E-state index contributed by atoms with van der Waals surface area (Å²) in [6, 6.07) is 5.60. The zero-order valence-electron chi connectivity index (χ0n) is 14.9. The van der Waals surface area contributed by atoms with Crippen molar-refractivity contribution in [3.8, 4) is 0 Å². The molecule has 3 rings (SSSR count). The third-order valence-electron chi connectivity index (χ3n) is 4.94. The highest BCUT2D eigenvalue weighted by Crippen LogP contribution is 2.30. The SMILES string of the molecule is Cc1nnnn1C(Cc1ccc(F)cc1)C(=O)N1CCC(C)(CN)C1.Cl. The number of halogens is 2. The number of nitrogens with two attached hydrogens (primary N) is 1. The number of hydrogen-bond donors (Lipinski definition) is 1. The quantitative estimate of drug-likeness (QED) is 0.846. The molecule has 7 nitrogen and oxygen atoms in total. The number of amides is 1. The van der Waals surface area contributed by atoms with Crippen molar-refractivity contribution < 1.29 is 9.18 Å². The van der Waals surface area contributed by atoms with E-state index in [1.165, 1.54) is 12.1 Å². The summed E-state index contributed by atoms with van der Waals surface area (Å²) >= 11 is 0. The molecule has 2 N–H and O–H groups in total. The Hall–Kier alpha value is -2.06. The van der Waals surface area contributed by atoms with Crippen LogP contribution in [-0.2, 0) is 11.2 Å². The normalized spacial score (nSPS) is 20.7. The van der Waals surface area contributed by atoms with Crippen molar-refractivity contribution in [1.29, 1.82) is 0 Å². The highest BCUT2D eigenvalue weighted by molar-refractivity contribution is 5.85. The molecule has 1 saturated heterocycles. The third kappa shape index (κ3) is 4.19. The first-order chi connectivity index (χ1) is 11.9. The van der Waals surface area contributed by atoms with E-state index in [9.17, 15) is 9.18 Å². The monoisotopic (exact) mass is 382 g/mol. The Morgan fingerprint density at radius 2 is 2.08 bits per heavy atom. The Morgan fingerprint density at radius 3 is 2.62 bits per heavy atom. The Labute approximate surface area is 158 Å². The van der Waals surface area contributed by atoms with Crippen LogP contribution in [0.3, 0.4) is 0 Å². The number of carbonyl (C=O) groups is 1. The van der Waals surface area contributed by atoms with E-state index in [2.05, 4.69) is 22.4 Å². The van der Waals surface area contributed by atoms with Crippen LogP contribution in [-0.4, -0.2) is 50.6 Å². The molecule has 0 spiro atoms. The molecule has 26 heavy (non-hydrogen) atoms. The highest BCUT2D eigenvalue weighted by atomic mass is 35.5. The van der Waals surface area contributed by atoms with Crippen LogP contribution in [0.5, 0.6) is 0 Å². The Bertz CT molecular complexity index is 752. The summed E-state index contributed by atoms with van der Waals surface area (Å²) in [6.07, 6.45) is 1.29. The molecule has 0 bridgehead atoms. The number of aromatic nitrogens is 4. The smallest absolute Gasteiger partial charge is 0.247 e.